The number of anilines is 2. The van der Waals surface area contributed by atoms with E-state index >= 15 is 0 Å². The SMILES string of the molecule is CCOc1ccc(N2C[C@H](C(=O)Oc3cccc(N4C(=O)[C@H]5CC[C@H](C)C[C@@H]5C4=O)c3)CC2=O)cc1. The highest BCUT2D eigenvalue weighted by Gasteiger charge is 2.50. The zero-order valence-electron chi connectivity index (χ0n) is 20.5. The first-order valence-corrected chi connectivity index (χ1v) is 12.6. The quantitative estimate of drug-likeness (QED) is 0.346. The Morgan fingerprint density at radius 3 is 2.44 bits per heavy atom. The number of imide groups is 1. The van der Waals surface area contributed by atoms with E-state index in [-0.39, 0.29) is 48.3 Å². The number of hydrogen-bond donors (Lipinski definition) is 0. The van der Waals surface area contributed by atoms with Crippen LogP contribution in [0.15, 0.2) is 48.5 Å². The molecule has 5 rings (SSSR count). The third-order valence-electron chi connectivity index (χ3n) is 7.40. The van der Waals surface area contributed by atoms with Crippen LogP contribution in [0.25, 0.3) is 0 Å². The number of hydrogen-bond acceptors (Lipinski definition) is 6. The van der Waals surface area contributed by atoms with Crippen molar-refractivity contribution in [2.24, 2.45) is 23.7 Å². The Balaban J connectivity index is 1.26. The lowest BCUT2D eigenvalue weighted by atomic mass is 9.76. The molecule has 8 heteroatoms. The van der Waals surface area contributed by atoms with Gasteiger partial charge in [0.15, 0.2) is 0 Å². The molecule has 0 N–H and O–H groups in total. The van der Waals surface area contributed by atoms with E-state index in [1.807, 2.05) is 6.92 Å². The van der Waals surface area contributed by atoms with Gasteiger partial charge in [-0.25, -0.2) is 4.90 Å². The number of esters is 1. The topological polar surface area (TPSA) is 93.2 Å². The van der Waals surface area contributed by atoms with Crippen LogP contribution in [0, 0.1) is 23.7 Å². The summed E-state index contributed by atoms with van der Waals surface area (Å²) in [5.74, 6) is -0.793. The average Bonchev–Trinajstić information content (AvgIpc) is 3.37. The van der Waals surface area contributed by atoms with Gasteiger partial charge in [-0.15, -0.1) is 0 Å². The summed E-state index contributed by atoms with van der Waals surface area (Å²) in [7, 11) is 0. The molecule has 1 saturated carbocycles. The first-order valence-electron chi connectivity index (χ1n) is 12.6. The molecule has 3 fully saturated rings. The normalized spacial score (nSPS) is 25.8. The molecule has 188 valence electrons. The summed E-state index contributed by atoms with van der Waals surface area (Å²) < 4.78 is 11.0. The lowest BCUT2D eigenvalue weighted by Crippen LogP contribution is -2.31. The van der Waals surface area contributed by atoms with Crippen LogP contribution in [0.2, 0.25) is 0 Å². The number of nitrogens with zero attached hydrogens (tertiary/aromatic N) is 2. The van der Waals surface area contributed by atoms with E-state index in [4.69, 9.17) is 9.47 Å². The Bertz CT molecular complexity index is 1190. The van der Waals surface area contributed by atoms with Crippen molar-refractivity contribution in [1.82, 2.24) is 0 Å². The minimum Gasteiger partial charge on any atom is -0.494 e. The number of carbonyl (C=O) groups excluding carboxylic acids is 4. The molecule has 36 heavy (non-hydrogen) atoms. The molecule has 0 bridgehead atoms. The van der Waals surface area contributed by atoms with Crippen molar-refractivity contribution in [2.45, 2.75) is 39.5 Å². The molecule has 8 nitrogen and oxygen atoms in total. The third-order valence-corrected chi connectivity index (χ3v) is 7.40. The second-order valence-corrected chi connectivity index (χ2v) is 9.89. The standard InChI is InChI=1S/C28H30N2O6/c1-3-35-21-10-8-19(9-11-21)29-16-18(14-25(29)31)28(34)36-22-6-4-5-20(15-22)30-26(32)23-12-7-17(2)13-24(23)27(30)33/h4-6,8-11,15,17-18,23-24H,3,7,12-14,16H2,1-2H3/t17-,18+,23-,24-/m0/s1. The van der Waals surface area contributed by atoms with Crippen molar-refractivity contribution in [3.05, 3.63) is 48.5 Å². The fraction of sp³-hybridized carbons (Fsp3) is 0.429. The van der Waals surface area contributed by atoms with Gasteiger partial charge in [-0.3, -0.25) is 19.2 Å². The van der Waals surface area contributed by atoms with E-state index < -0.39 is 11.9 Å². The molecule has 2 aromatic rings. The van der Waals surface area contributed by atoms with Crippen molar-refractivity contribution in [2.75, 3.05) is 23.0 Å². The second-order valence-electron chi connectivity index (χ2n) is 9.89. The Labute approximate surface area is 210 Å². The zero-order chi connectivity index (χ0) is 25.4. The highest BCUT2D eigenvalue weighted by atomic mass is 16.5. The highest BCUT2D eigenvalue weighted by Crippen LogP contribution is 2.42. The molecule has 0 aromatic heterocycles. The summed E-state index contributed by atoms with van der Waals surface area (Å²) in [4.78, 5) is 54.4. The molecular formula is C28H30N2O6. The second kappa shape index (κ2) is 9.76. The zero-order valence-corrected chi connectivity index (χ0v) is 20.5. The smallest absolute Gasteiger partial charge is 0.316 e. The van der Waals surface area contributed by atoms with Crippen molar-refractivity contribution in [1.29, 1.82) is 0 Å². The lowest BCUT2D eigenvalue weighted by molar-refractivity contribution is -0.139. The molecule has 3 aliphatic rings. The molecule has 0 spiro atoms. The first-order chi connectivity index (χ1) is 17.4. The Hall–Kier alpha value is -3.68. The number of rotatable bonds is 6. The Kier molecular flexibility index (Phi) is 6.51. The maximum atomic E-state index is 13.0. The first kappa shape index (κ1) is 24.0. The summed E-state index contributed by atoms with van der Waals surface area (Å²) >= 11 is 0. The van der Waals surface area contributed by atoms with Gasteiger partial charge in [0, 0.05) is 24.7 Å². The summed E-state index contributed by atoms with van der Waals surface area (Å²) in [6, 6.07) is 13.7. The maximum absolute atomic E-state index is 13.0. The van der Waals surface area contributed by atoms with Crippen LogP contribution in [0.1, 0.15) is 39.5 Å². The molecule has 1 aliphatic carbocycles. The summed E-state index contributed by atoms with van der Waals surface area (Å²) in [6.07, 6.45) is 2.44. The van der Waals surface area contributed by atoms with Gasteiger partial charge >= 0.3 is 5.97 Å². The van der Waals surface area contributed by atoms with E-state index in [0.29, 0.717) is 29.6 Å². The van der Waals surface area contributed by atoms with E-state index in [1.54, 1.807) is 53.4 Å². The van der Waals surface area contributed by atoms with Crippen LogP contribution in [0.3, 0.4) is 0 Å². The van der Waals surface area contributed by atoms with Crippen molar-refractivity contribution in [3.8, 4) is 11.5 Å². The minimum absolute atomic E-state index is 0.0520. The predicted molar refractivity (Wildman–Crippen MR) is 133 cm³/mol. The van der Waals surface area contributed by atoms with Gasteiger partial charge in [-0.05, 0) is 68.5 Å². The monoisotopic (exact) mass is 490 g/mol. The fourth-order valence-electron chi connectivity index (χ4n) is 5.53. The molecule has 3 amide bonds. The maximum Gasteiger partial charge on any atom is 0.316 e. The summed E-state index contributed by atoms with van der Waals surface area (Å²) in [5.41, 5.74) is 1.11. The van der Waals surface area contributed by atoms with Crippen molar-refractivity contribution in [3.63, 3.8) is 0 Å². The van der Waals surface area contributed by atoms with Gasteiger partial charge in [-0.2, -0.15) is 0 Å². The van der Waals surface area contributed by atoms with Gasteiger partial charge in [0.25, 0.3) is 0 Å². The lowest BCUT2D eigenvalue weighted by Gasteiger charge is -2.25. The van der Waals surface area contributed by atoms with Crippen molar-refractivity contribution >= 4 is 35.1 Å². The number of carbonyl (C=O) groups is 4. The fourth-order valence-corrected chi connectivity index (χ4v) is 5.53. The molecular weight excluding hydrogens is 460 g/mol. The molecule has 0 unspecified atom stereocenters. The van der Waals surface area contributed by atoms with Gasteiger partial charge in [0.05, 0.1) is 30.0 Å². The molecule has 2 heterocycles. The van der Waals surface area contributed by atoms with Gasteiger partial charge in [0.2, 0.25) is 17.7 Å². The third kappa shape index (κ3) is 4.47. The van der Waals surface area contributed by atoms with E-state index in [2.05, 4.69) is 6.92 Å². The van der Waals surface area contributed by atoms with Crippen LogP contribution in [0.5, 0.6) is 11.5 Å². The Morgan fingerprint density at radius 2 is 1.69 bits per heavy atom. The van der Waals surface area contributed by atoms with Gasteiger partial charge in [-0.1, -0.05) is 13.0 Å². The van der Waals surface area contributed by atoms with E-state index in [1.165, 1.54) is 4.90 Å². The van der Waals surface area contributed by atoms with Crippen molar-refractivity contribution < 1.29 is 28.7 Å². The summed E-state index contributed by atoms with van der Waals surface area (Å²) in [6.45, 7) is 4.78. The minimum atomic E-state index is -0.618. The number of fused-ring (bicyclic) bond motifs is 1. The molecule has 2 aliphatic heterocycles. The van der Waals surface area contributed by atoms with Crippen LogP contribution < -0.4 is 19.3 Å². The molecule has 4 atom stereocenters. The van der Waals surface area contributed by atoms with Crippen LogP contribution in [0.4, 0.5) is 11.4 Å². The Morgan fingerprint density at radius 1 is 0.944 bits per heavy atom. The molecule has 2 saturated heterocycles. The van der Waals surface area contributed by atoms with Crippen LogP contribution in [-0.4, -0.2) is 36.8 Å². The van der Waals surface area contributed by atoms with E-state index in [9.17, 15) is 19.2 Å². The number of benzene rings is 2. The van der Waals surface area contributed by atoms with Crippen LogP contribution >= 0.6 is 0 Å². The molecule has 0 radical (unpaired) electrons. The highest BCUT2D eigenvalue weighted by molar-refractivity contribution is 6.22. The van der Waals surface area contributed by atoms with Gasteiger partial charge in [0.1, 0.15) is 11.5 Å². The van der Waals surface area contributed by atoms with Crippen LogP contribution in [-0.2, 0) is 19.2 Å². The number of amides is 3. The number of ether oxygens (including phenoxy) is 2. The largest absolute Gasteiger partial charge is 0.494 e. The van der Waals surface area contributed by atoms with E-state index in [0.717, 1.165) is 19.3 Å². The van der Waals surface area contributed by atoms with Gasteiger partial charge < -0.3 is 14.4 Å². The summed E-state index contributed by atoms with van der Waals surface area (Å²) in [5, 5.41) is 0. The average molecular weight is 491 g/mol. The molecule has 2 aromatic carbocycles. The predicted octanol–water partition coefficient (Wildman–Crippen LogP) is 3.97.